The lowest BCUT2D eigenvalue weighted by Crippen LogP contribution is -2.62. The molecule has 0 saturated heterocycles. The summed E-state index contributed by atoms with van der Waals surface area (Å²) in [4.78, 5) is 40.1. The van der Waals surface area contributed by atoms with E-state index in [1.54, 1.807) is 32.9 Å². The maximum Gasteiger partial charge on any atom is 0.206 e. The molecule has 0 saturated carbocycles. The molecule has 7 heteroatoms. The van der Waals surface area contributed by atoms with Gasteiger partial charge in [-0.3, -0.25) is 14.4 Å². The van der Waals surface area contributed by atoms with Gasteiger partial charge in [-0.1, -0.05) is 44.6 Å². The number of aromatic hydroxyl groups is 1. The average Bonchev–Trinajstić information content (AvgIpc) is 3.40. The van der Waals surface area contributed by atoms with Gasteiger partial charge in [0.2, 0.25) is 5.78 Å². The van der Waals surface area contributed by atoms with Crippen LogP contribution in [0.1, 0.15) is 86.7 Å². The topological polar surface area (TPSA) is 132 Å². The average molecular weight is 493 g/mol. The molecule has 4 aliphatic carbocycles. The number of aliphatic hydroxyl groups excluding tert-OH is 2. The summed E-state index contributed by atoms with van der Waals surface area (Å²) in [5, 5.41) is 45.8. The first-order chi connectivity index (χ1) is 17.1. The van der Waals surface area contributed by atoms with Crippen molar-refractivity contribution in [3.05, 3.63) is 57.4 Å². The third-order valence-corrected chi connectivity index (χ3v) is 8.78. The van der Waals surface area contributed by atoms with Crippen molar-refractivity contribution in [2.24, 2.45) is 11.8 Å². The van der Waals surface area contributed by atoms with E-state index in [0.717, 1.165) is 24.8 Å². The molecule has 5 rings (SSSR count). The molecule has 0 aliphatic heterocycles. The van der Waals surface area contributed by atoms with Gasteiger partial charge in [-0.2, -0.15) is 0 Å². The van der Waals surface area contributed by atoms with Crippen LogP contribution in [0.25, 0.3) is 5.57 Å². The monoisotopic (exact) mass is 492 g/mol. The SMILES string of the molecule is CCC(=O)C1=C(CC)CC2C(O)C3C(=C(O)C2(O)C1=O)C(=O)c1c(ccc(C2=CCCC2)c1O)C3C. The number of allylic oxidation sites excluding steroid dienone is 3. The summed E-state index contributed by atoms with van der Waals surface area (Å²) in [5.74, 6) is -5.58. The maximum atomic E-state index is 13.8. The largest absolute Gasteiger partial charge is 0.508 e. The van der Waals surface area contributed by atoms with Gasteiger partial charge in [0.1, 0.15) is 11.5 Å². The van der Waals surface area contributed by atoms with Crippen LogP contribution in [0.5, 0.6) is 5.75 Å². The Balaban J connectivity index is 1.72. The van der Waals surface area contributed by atoms with Crippen LogP contribution in [0.3, 0.4) is 0 Å². The highest BCUT2D eigenvalue weighted by atomic mass is 16.4. The molecule has 1 aromatic rings. The van der Waals surface area contributed by atoms with Gasteiger partial charge >= 0.3 is 0 Å². The molecule has 4 aliphatic rings. The number of phenolic OH excluding ortho intramolecular Hbond substituents is 1. The first kappa shape index (κ1) is 24.7. The van der Waals surface area contributed by atoms with Crippen molar-refractivity contribution in [3.63, 3.8) is 0 Å². The molecule has 0 aromatic heterocycles. The van der Waals surface area contributed by atoms with Crippen molar-refractivity contribution in [2.45, 2.75) is 76.9 Å². The van der Waals surface area contributed by atoms with E-state index in [4.69, 9.17) is 0 Å². The second kappa shape index (κ2) is 8.53. The van der Waals surface area contributed by atoms with E-state index < -0.39 is 52.6 Å². The summed E-state index contributed by atoms with van der Waals surface area (Å²) in [6.45, 7) is 5.22. The quantitative estimate of drug-likeness (QED) is 0.466. The fourth-order valence-corrected chi connectivity index (χ4v) is 6.82. The Hall–Kier alpha value is -3.03. The Morgan fingerprint density at radius 2 is 1.89 bits per heavy atom. The fraction of sp³-hybridized carbons (Fsp3) is 0.483. The lowest BCUT2D eigenvalue weighted by atomic mass is 9.55. The smallest absolute Gasteiger partial charge is 0.206 e. The molecule has 0 spiro atoms. The van der Waals surface area contributed by atoms with E-state index in [1.165, 1.54) is 0 Å². The molecule has 36 heavy (non-hydrogen) atoms. The van der Waals surface area contributed by atoms with Gasteiger partial charge in [0.05, 0.1) is 17.2 Å². The minimum Gasteiger partial charge on any atom is -0.508 e. The van der Waals surface area contributed by atoms with Gasteiger partial charge in [-0.05, 0) is 49.2 Å². The van der Waals surface area contributed by atoms with E-state index >= 15 is 0 Å². The number of benzene rings is 1. The van der Waals surface area contributed by atoms with E-state index in [-0.39, 0.29) is 35.3 Å². The number of phenols is 1. The van der Waals surface area contributed by atoms with Gasteiger partial charge in [-0.15, -0.1) is 0 Å². The number of carbonyl (C=O) groups is 3. The van der Waals surface area contributed by atoms with Crippen LogP contribution in [0, 0.1) is 11.8 Å². The molecule has 7 nitrogen and oxygen atoms in total. The molecule has 190 valence electrons. The normalized spacial score (nSPS) is 31.8. The fourth-order valence-electron chi connectivity index (χ4n) is 6.82. The van der Waals surface area contributed by atoms with Gasteiger partial charge in [-0.25, -0.2) is 0 Å². The predicted molar refractivity (Wildman–Crippen MR) is 133 cm³/mol. The lowest BCUT2D eigenvalue weighted by molar-refractivity contribution is -0.153. The molecule has 4 N–H and O–H groups in total. The van der Waals surface area contributed by atoms with Gasteiger partial charge in [0, 0.05) is 29.4 Å². The molecule has 0 radical (unpaired) electrons. The molecule has 5 unspecified atom stereocenters. The number of Topliss-reactive ketones (excluding diaryl/α,β-unsaturated/α-hetero) is 3. The van der Waals surface area contributed by atoms with Crippen molar-refractivity contribution in [1.82, 2.24) is 0 Å². The standard InChI is InChI=1S/C29H32O7/c1-4-14-12-18-25(32)20-13(3)16-10-11-17(15-8-6-7-9-15)24(31)22(16)26(33)23(20)28(35)29(18,36)27(34)21(14)19(30)5-2/h8,10-11,13,18,20,25,31-32,35-36H,4-7,9,12H2,1-3H3. The zero-order chi connectivity index (χ0) is 26.1. The number of fused-ring (bicyclic) bond motifs is 3. The predicted octanol–water partition coefficient (Wildman–Crippen LogP) is 4.07. The maximum absolute atomic E-state index is 13.8. The summed E-state index contributed by atoms with van der Waals surface area (Å²) in [5.41, 5.74) is -0.368. The van der Waals surface area contributed by atoms with Crippen molar-refractivity contribution in [3.8, 4) is 5.75 Å². The van der Waals surface area contributed by atoms with E-state index in [0.29, 0.717) is 23.1 Å². The molecular formula is C29H32O7. The first-order valence-corrected chi connectivity index (χ1v) is 12.8. The number of carbonyl (C=O) groups excluding carboxylic acids is 3. The number of rotatable bonds is 4. The Bertz CT molecular complexity index is 1300. The van der Waals surface area contributed by atoms with E-state index in [1.807, 2.05) is 6.08 Å². The summed E-state index contributed by atoms with van der Waals surface area (Å²) < 4.78 is 0. The summed E-state index contributed by atoms with van der Waals surface area (Å²) in [6.07, 6.45) is 3.82. The summed E-state index contributed by atoms with van der Waals surface area (Å²) in [6, 6.07) is 3.58. The second-order valence-corrected chi connectivity index (χ2v) is 10.5. The van der Waals surface area contributed by atoms with Crippen LogP contribution in [-0.2, 0) is 9.59 Å². The van der Waals surface area contributed by atoms with Crippen LogP contribution < -0.4 is 0 Å². The number of hydrogen-bond acceptors (Lipinski definition) is 7. The second-order valence-electron chi connectivity index (χ2n) is 10.5. The van der Waals surface area contributed by atoms with Gasteiger partial charge in [0.15, 0.2) is 17.2 Å². The van der Waals surface area contributed by atoms with Crippen molar-refractivity contribution in [1.29, 1.82) is 0 Å². The lowest BCUT2D eigenvalue weighted by Gasteiger charge is -2.50. The number of hydrogen-bond donors (Lipinski definition) is 4. The van der Waals surface area contributed by atoms with Crippen molar-refractivity contribution >= 4 is 22.9 Å². The van der Waals surface area contributed by atoms with E-state index in [9.17, 15) is 34.8 Å². The van der Waals surface area contributed by atoms with E-state index in [2.05, 4.69) is 0 Å². The molecular weight excluding hydrogens is 460 g/mol. The van der Waals surface area contributed by atoms with Crippen molar-refractivity contribution in [2.75, 3.05) is 0 Å². The van der Waals surface area contributed by atoms with Crippen LogP contribution in [0.2, 0.25) is 0 Å². The Morgan fingerprint density at radius 1 is 1.17 bits per heavy atom. The number of aliphatic hydroxyl groups is 3. The van der Waals surface area contributed by atoms with Crippen LogP contribution in [-0.4, -0.2) is 49.5 Å². The zero-order valence-corrected chi connectivity index (χ0v) is 20.8. The molecule has 1 aromatic carbocycles. The molecule has 0 heterocycles. The van der Waals surface area contributed by atoms with Crippen LogP contribution in [0.15, 0.2) is 40.7 Å². The molecule has 0 fully saturated rings. The highest BCUT2D eigenvalue weighted by Crippen LogP contribution is 2.56. The Labute approximate surface area is 209 Å². The van der Waals surface area contributed by atoms with Crippen LogP contribution >= 0.6 is 0 Å². The Morgan fingerprint density at radius 3 is 2.50 bits per heavy atom. The first-order valence-electron chi connectivity index (χ1n) is 12.8. The highest BCUT2D eigenvalue weighted by molar-refractivity contribution is 6.25. The summed E-state index contributed by atoms with van der Waals surface area (Å²) >= 11 is 0. The Kier molecular flexibility index (Phi) is 5.84. The van der Waals surface area contributed by atoms with Crippen LogP contribution in [0.4, 0.5) is 0 Å². The molecule has 5 atom stereocenters. The highest BCUT2D eigenvalue weighted by Gasteiger charge is 2.63. The van der Waals surface area contributed by atoms with Gasteiger partial charge < -0.3 is 20.4 Å². The number of ketones is 3. The third-order valence-electron chi connectivity index (χ3n) is 8.78. The minimum atomic E-state index is -2.59. The summed E-state index contributed by atoms with van der Waals surface area (Å²) in [7, 11) is 0. The van der Waals surface area contributed by atoms with Gasteiger partial charge in [0.25, 0.3) is 0 Å². The zero-order valence-electron chi connectivity index (χ0n) is 20.8. The molecule has 0 bridgehead atoms. The molecule has 0 amide bonds. The van der Waals surface area contributed by atoms with Crippen molar-refractivity contribution < 1.29 is 34.8 Å². The minimum absolute atomic E-state index is 0.0257. The third kappa shape index (κ3) is 3.08.